The van der Waals surface area contributed by atoms with Gasteiger partial charge in [-0.15, -0.1) is 6.58 Å². The lowest BCUT2D eigenvalue weighted by molar-refractivity contribution is 0.171. The van der Waals surface area contributed by atoms with Crippen LogP contribution in [0.15, 0.2) is 30.9 Å². The van der Waals surface area contributed by atoms with Gasteiger partial charge in [0.2, 0.25) is 0 Å². The second-order valence-corrected chi connectivity index (χ2v) is 7.81. The van der Waals surface area contributed by atoms with Gasteiger partial charge in [-0.1, -0.05) is 18.2 Å². The molecule has 2 aliphatic carbocycles. The van der Waals surface area contributed by atoms with E-state index in [0.29, 0.717) is 18.1 Å². The summed E-state index contributed by atoms with van der Waals surface area (Å²) in [5.74, 6) is 3.00. The molecule has 1 aromatic rings. The van der Waals surface area contributed by atoms with Gasteiger partial charge in [0, 0.05) is 12.7 Å². The second-order valence-electron chi connectivity index (χ2n) is 7.81. The van der Waals surface area contributed by atoms with Crippen molar-refractivity contribution >= 4 is 0 Å². The van der Waals surface area contributed by atoms with E-state index in [1.54, 1.807) is 13.2 Å². The Labute approximate surface area is 146 Å². The van der Waals surface area contributed by atoms with E-state index < -0.39 is 0 Å². The lowest BCUT2D eigenvalue weighted by atomic mass is 9.68. The van der Waals surface area contributed by atoms with Gasteiger partial charge in [0.1, 0.15) is 5.82 Å². The zero-order valence-electron chi connectivity index (χ0n) is 15.0. The molecule has 3 rings (SSSR count). The quantitative estimate of drug-likeness (QED) is 0.581. The number of hydrogen-bond acceptors (Lipinski definition) is 1. The Morgan fingerprint density at radius 3 is 2.21 bits per heavy atom. The highest BCUT2D eigenvalue weighted by Crippen LogP contribution is 2.44. The first-order valence-corrected chi connectivity index (χ1v) is 9.61. The number of hydrogen-bond donors (Lipinski definition) is 0. The minimum Gasteiger partial charge on any atom is -0.380 e. The molecule has 0 amide bonds. The molecule has 2 heteroatoms. The van der Waals surface area contributed by atoms with E-state index in [4.69, 9.17) is 4.74 Å². The third kappa shape index (κ3) is 4.08. The summed E-state index contributed by atoms with van der Waals surface area (Å²) in [7, 11) is 1.61. The minimum absolute atomic E-state index is 0.112. The van der Waals surface area contributed by atoms with Crippen molar-refractivity contribution in [2.45, 2.75) is 63.9 Å². The van der Waals surface area contributed by atoms with Crippen LogP contribution in [0.2, 0.25) is 0 Å². The standard InChI is InChI=1S/C22H31FO/c1-3-16-4-6-17(7-5-16)18-8-10-19(11-9-18)20-12-13-21(15-24-2)22(23)14-20/h3,12-14,16-19H,1,4-11,15H2,2H3/t16-,17-,18?,19?. The second kappa shape index (κ2) is 8.29. The zero-order chi connectivity index (χ0) is 16.9. The Kier molecular flexibility index (Phi) is 6.10. The Hall–Kier alpha value is -1.15. The first-order chi connectivity index (χ1) is 11.7. The van der Waals surface area contributed by atoms with Gasteiger partial charge in [0.05, 0.1) is 6.61 Å². The lowest BCUT2D eigenvalue weighted by Crippen LogP contribution is -2.25. The van der Waals surface area contributed by atoms with Crippen LogP contribution in [0.25, 0.3) is 0 Å². The molecule has 0 bridgehead atoms. The van der Waals surface area contributed by atoms with Crippen LogP contribution in [0, 0.1) is 23.6 Å². The van der Waals surface area contributed by atoms with Gasteiger partial charge in [-0.2, -0.15) is 0 Å². The number of rotatable bonds is 5. The summed E-state index contributed by atoms with van der Waals surface area (Å²) in [6.07, 6.45) is 12.6. The predicted octanol–water partition coefficient (Wildman–Crippen LogP) is 6.24. The van der Waals surface area contributed by atoms with Crippen LogP contribution in [-0.2, 0) is 11.3 Å². The van der Waals surface area contributed by atoms with Crippen LogP contribution in [-0.4, -0.2) is 7.11 Å². The molecule has 1 nitrogen and oxygen atoms in total. The topological polar surface area (TPSA) is 9.23 Å². The van der Waals surface area contributed by atoms with Crippen LogP contribution >= 0.6 is 0 Å². The molecular weight excluding hydrogens is 299 g/mol. The molecule has 0 heterocycles. The maximum Gasteiger partial charge on any atom is 0.129 e. The Morgan fingerprint density at radius 1 is 1.04 bits per heavy atom. The summed E-state index contributed by atoms with van der Waals surface area (Å²) < 4.78 is 19.2. The molecule has 2 fully saturated rings. The van der Waals surface area contributed by atoms with Gasteiger partial charge in [0.15, 0.2) is 0 Å². The lowest BCUT2D eigenvalue weighted by Gasteiger charge is -2.37. The van der Waals surface area contributed by atoms with Crippen molar-refractivity contribution in [3.05, 3.63) is 47.8 Å². The fourth-order valence-electron chi connectivity index (χ4n) is 4.87. The van der Waals surface area contributed by atoms with Crippen molar-refractivity contribution in [2.24, 2.45) is 17.8 Å². The highest BCUT2D eigenvalue weighted by Gasteiger charge is 2.30. The number of benzene rings is 1. The Balaban J connectivity index is 1.53. The highest BCUT2D eigenvalue weighted by molar-refractivity contribution is 5.27. The Morgan fingerprint density at radius 2 is 1.67 bits per heavy atom. The van der Waals surface area contributed by atoms with Crippen LogP contribution in [0.4, 0.5) is 4.39 Å². The molecule has 132 valence electrons. The van der Waals surface area contributed by atoms with Crippen molar-refractivity contribution in [3.63, 3.8) is 0 Å². The van der Waals surface area contributed by atoms with E-state index in [0.717, 1.165) is 17.8 Å². The third-order valence-electron chi connectivity index (χ3n) is 6.44. The fourth-order valence-corrected chi connectivity index (χ4v) is 4.87. The van der Waals surface area contributed by atoms with Crippen LogP contribution in [0.5, 0.6) is 0 Å². The number of allylic oxidation sites excluding steroid dienone is 1. The number of methoxy groups -OCH3 is 1. The first kappa shape index (κ1) is 17.7. The van der Waals surface area contributed by atoms with Gasteiger partial charge >= 0.3 is 0 Å². The van der Waals surface area contributed by atoms with Crippen molar-refractivity contribution in [2.75, 3.05) is 7.11 Å². The zero-order valence-corrected chi connectivity index (χ0v) is 15.0. The molecule has 0 aromatic heterocycles. The highest BCUT2D eigenvalue weighted by atomic mass is 19.1. The molecule has 0 aliphatic heterocycles. The maximum atomic E-state index is 14.1. The van der Waals surface area contributed by atoms with Gasteiger partial charge in [-0.05, 0) is 86.7 Å². The number of ether oxygens (including phenoxy) is 1. The largest absolute Gasteiger partial charge is 0.380 e. The van der Waals surface area contributed by atoms with Gasteiger partial charge in [0.25, 0.3) is 0 Å². The number of halogens is 1. The average Bonchev–Trinajstić information content (AvgIpc) is 2.64. The van der Waals surface area contributed by atoms with Gasteiger partial charge in [-0.3, -0.25) is 0 Å². The molecule has 0 atom stereocenters. The van der Waals surface area contributed by atoms with E-state index in [9.17, 15) is 4.39 Å². The van der Waals surface area contributed by atoms with Crippen molar-refractivity contribution in [1.82, 2.24) is 0 Å². The minimum atomic E-state index is -0.112. The molecule has 24 heavy (non-hydrogen) atoms. The first-order valence-electron chi connectivity index (χ1n) is 9.61. The third-order valence-corrected chi connectivity index (χ3v) is 6.44. The van der Waals surface area contributed by atoms with E-state index >= 15 is 0 Å². The summed E-state index contributed by atoms with van der Waals surface area (Å²) in [6, 6.07) is 5.75. The molecule has 0 N–H and O–H groups in total. The fraction of sp³-hybridized carbons (Fsp3) is 0.636. The molecular formula is C22H31FO. The maximum absolute atomic E-state index is 14.1. The monoisotopic (exact) mass is 330 g/mol. The van der Waals surface area contributed by atoms with Crippen LogP contribution in [0.3, 0.4) is 0 Å². The van der Waals surface area contributed by atoms with E-state index in [1.807, 2.05) is 6.07 Å². The molecule has 0 radical (unpaired) electrons. The Bertz CT molecular complexity index is 537. The van der Waals surface area contributed by atoms with E-state index in [1.165, 1.54) is 56.9 Å². The van der Waals surface area contributed by atoms with Crippen molar-refractivity contribution in [3.8, 4) is 0 Å². The average molecular weight is 330 g/mol. The van der Waals surface area contributed by atoms with Crippen LogP contribution < -0.4 is 0 Å². The normalized spacial score (nSPS) is 30.9. The molecule has 1 aromatic carbocycles. The van der Waals surface area contributed by atoms with Crippen molar-refractivity contribution in [1.29, 1.82) is 0 Å². The smallest absolute Gasteiger partial charge is 0.129 e. The molecule has 2 saturated carbocycles. The van der Waals surface area contributed by atoms with Gasteiger partial charge in [-0.25, -0.2) is 4.39 Å². The van der Waals surface area contributed by atoms with E-state index in [-0.39, 0.29) is 5.82 Å². The SMILES string of the molecule is C=C[C@H]1CC[C@H](C2CCC(c3ccc(COC)c(F)c3)CC2)CC1. The summed E-state index contributed by atoms with van der Waals surface area (Å²) in [4.78, 5) is 0. The summed E-state index contributed by atoms with van der Waals surface area (Å²) in [5.41, 5.74) is 1.84. The predicted molar refractivity (Wildman–Crippen MR) is 97.5 cm³/mol. The molecule has 2 aliphatic rings. The summed E-state index contributed by atoms with van der Waals surface area (Å²) >= 11 is 0. The molecule has 0 saturated heterocycles. The van der Waals surface area contributed by atoms with Gasteiger partial charge < -0.3 is 4.74 Å². The van der Waals surface area contributed by atoms with Crippen molar-refractivity contribution < 1.29 is 9.13 Å². The molecule has 0 spiro atoms. The van der Waals surface area contributed by atoms with Crippen LogP contribution in [0.1, 0.15) is 68.4 Å². The van der Waals surface area contributed by atoms with E-state index in [2.05, 4.69) is 18.7 Å². The summed E-state index contributed by atoms with van der Waals surface area (Å²) in [6.45, 7) is 4.31. The summed E-state index contributed by atoms with van der Waals surface area (Å²) in [5, 5.41) is 0. The molecule has 0 unspecified atom stereocenters.